The summed E-state index contributed by atoms with van der Waals surface area (Å²) >= 11 is 0. The molecule has 0 saturated carbocycles. The van der Waals surface area contributed by atoms with Gasteiger partial charge in [-0.15, -0.1) is 0 Å². The van der Waals surface area contributed by atoms with Gasteiger partial charge in [0.15, 0.2) is 0 Å². The van der Waals surface area contributed by atoms with Crippen molar-refractivity contribution in [3.8, 4) is 0 Å². The molecule has 0 rings (SSSR count). The van der Waals surface area contributed by atoms with Gasteiger partial charge in [-0.2, -0.15) is 0 Å². The normalized spacial score (nSPS) is 12.6. The molecule has 0 heterocycles. The summed E-state index contributed by atoms with van der Waals surface area (Å²) in [6, 6.07) is 0. The Morgan fingerprint density at radius 1 is 1.38 bits per heavy atom. The van der Waals surface area contributed by atoms with Crippen molar-refractivity contribution in [3.05, 3.63) is 11.8 Å². The average molecular weight is 229 g/mol. The van der Waals surface area contributed by atoms with Crippen LogP contribution in [0.3, 0.4) is 0 Å². The number of allylic oxidation sites excluding steroid dienone is 1. The minimum absolute atomic E-state index is 0.311. The van der Waals surface area contributed by atoms with Crippen molar-refractivity contribution in [2.45, 2.75) is 40.2 Å². The van der Waals surface area contributed by atoms with Gasteiger partial charge < -0.3 is 14.8 Å². The number of hydrogen-bond acceptors (Lipinski definition) is 3. The summed E-state index contributed by atoms with van der Waals surface area (Å²) in [4.78, 5) is 11.3. The van der Waals surface area contributed by atoms with Gasteiger partial charge in [-0.25, -0.2) is 4.79 Å². The van der Waals surface area contributed by atoms with Crippen LogP contribution in [0.5, 0.6) is 0 Å². The van der Waals surface area contributed by atoms with Gasteiger partial charge in [0.05, 0.1) is 12.9 Å². The van der Waals surface area contributed by atoms with Gasteiger partial charge in [0.25, 0.3) is 0 Å². The Bertz CT molecular complexity index is 251. The quantitative estimate of drug-likeness (QED) is 0.754. The van der Waals surface area contributed by atoms with Crippen molar-refractivity contribution in [1.82, 2.24) is 5.32 Å². The molecule has 0 saturated heterocycles. The van der Waals surface area contributed by atoms with E-state index >= 15 is 0 Å². The number of ether oxygens (including phenoxy) is 2. The van der Waals surface area contributed by atoms with Crippen molar-refractivity contribution in [1.29, 1.82) is 0 Å². The predicted molar refractivity (Wildman–Crippen MR) is 64.2 cm³/mol. The number of methoxy groups -OCH3 is 1. The molecule has 0 aromatic rings. The molecule has 0 unspecified atom stereocenters. The lowest BCUT2D eigenvalue weighted by Gasteiger charge is -2.19. The molecule has 0 aromatic heterocycles. The molecule has 1 N–H and O–H groups in total. The van der Waals surface area contributed by atoms with Crippen molar-refractivity contribution < 1.29 is 14.3 Å². The summed E-state index contributed by atoms with van der Waals surface area (Å²) in [5, 5.41) is 2.64. The molecule has 0 bridgehead atoms. The highest BCUT2D eigenvalue weighted by atomic mass is 16.6. The van der Waals surface area contributed by atoms with Crippen LogP contribution in [0.25, 0.3) is 0 Å². The van der Waals surface area contributed by atoms with Crippen molar-refractivity contribution in [2.24, 2.45) is 5.92 Å². The molecule has 0 atom stereocenters. The average Bonchev–Trinajstić information content (AvgIpc) is 2.08. The van der Waals surface area contributed by atoms with Gasteiger partial charge in [-0.05, 0) is 26.8 Å². The molecule has 94 valence electrons. The largest absolute Gasteiger partial charge is 0.501 e. The van der Waals surface area contributed by atoms with E-state index < -0.39 is 11.7 Å². The number of rotatable bonds is 4. The molecular weight excluding hydrogens is 206 g/mol. The molecule has 0 fully saturated rings. The third-order valence-electron chi connectivity index (χ3n) is 1.75. The zero-order chi connectivity index (χ0) is 12.8. The maximum atomic E-state index is 11.3. The number of hydrogen-bond donors (Lipinski definition) is 1. The highest BCUT2D eigenvalue weighted by molar-refractivity contribution is 5.67. The zero-order valence-electron chi connectivity index (χ0n) is 11.1. The van der Waals surface area contributed by atoms with Crippen LogP contribution in [-0.2, 0) is 9.47 Å². The first-order chi connectivity index (χ1) is 7.26. The van der Waals surface area contributed by atoms with Gasteiger partial charge >= 0.3 is 6.09 Å². The number of carbonyl (C=O) groups excluding carboxylic acids is 1. The van der Waals surface area contributed by atoms with Crippen LogP contribution in [0.4, 0.5) is 4.79 Å². The SMILES string of the molecule is CO/C(=C/CNC(=O)OC(C)(C)C)C(C)C. The maximum absolute atomic E-state index is 11.3. The molecule has 1 amide bonds. The first-order valence-corrected chi connectivity index (χ1v) is 5.47. The number of alkyl carbamates (subject to hydrolysis) is 1. The van der Waals surface area contributed by atoms with Crippen LogP contribution in [0.15, 0.2) is 11.8 Å². The molecule has 0 spiro atoms. The Balaban J connectivity index is 4.02. The van der Waals surface area contributed by atoms with E-state index in [0.717, 1.165) is 5.76 Å². The Labute approximate surface area is 98.0 Å². The summed E-state index contributed by atoms with van der Waals surface area (Å²) in [6.07, 6.45) is 1.43. The summed E-state index contributed by atoms with van der Waals surface area (Å²) in [5.74, 6) is 1.17. The van der Waals surface area contributed by atoms with Crippen molar-refractivity contribution >= 4 is 6.09 Å². The maximum Gasteiger partial charge on any atom is 0.407 e. The molecular formula is C12H23NO3. The monoisotopic (exact) mass is 229 g/mol. The molecule has 4 heteroatoms. The van der Waals surface area contributed by atoms with Crippen LogP contribution < -0.4 is 5.32 Å². The van der Waals surface area contributed by atoms with E-state index in [9.17, 15) is 4.79 Å². The lowest BCUT2D eigenvalue weighted by molar-refractivity contribution is 0.0533. The zero-order valence-corrected chi connectivity index (χ0v) is 11.1. The molecule has 16 heavy (non-hydrogen) atoms. The van der Waals surface area contributed by atoms with Crippen LogP contribution >= 0.6 is 0 Å². The molecule has 0 aliphatic heterocycles. The summed E-state index contributed by atoms with van der Waals surface area (Å²) in [7, 11) is 1.62. The van der Waals surface area contributed by atoms with E-state index in [2.05, 4.69) is 5.32 Å². The predicted octanol–water partition coefficient (Wildman–Crippen LogP) is 2.70. The molecule has 0 radical (unpaired) electrons. The standard InChI is InChI=1S/C12H23NO3/c1-9(2)10(15-6)7-8-13-11(14)16-12(3,4)5/h7,9H,8H2,1-6H3,(H,13,14)/b10-7+. The fourth-order valence-corrected chi connectivity index (χ4v) is 1.10. The van der Waals surface area contributed by atoms with Gasteiger partial charge in [0.1, 0.15) is 5.60 Å². The van der Waals surface area contributed by atoms with E-state index in [1.54, 1.807) is 7.11 Å². The smallest absolute Gasteiger partial charge is 0.407 e. The fraction of sp³-hybridized carbons (Fsp3) is 0.750. The van der Waals surface area contributed by atoms with Gasteiger partial charge in [-0.3, -0.25) is 0 Å². The minimum atomic E-state index is -0.462. The van der Waals surface area contributed by atoms with E-state index in [0.29, 0.717) is 12.5 Å². The Kier molecular flexibility index (Phi) is 5.93. The fourth-order valence-electron chi connectivity index (χ4n) is 1.10. The van der Waals surface area contributed by atoms with Crippen LogP contribution in [0.2, 0.25) is 0 Å². The second-order valence-corrected chi connectivity index (χ2v) is 4.85. The summed E-state index contributed by atoms with van der Waals surface area (Å²) in [5.41, 5.74) is -0.462. The van der Waals surface area contributed by atoms with Crippen molar-refractivity contribution in [2.75, 3.05) is 13.7 Å². The third-order valence-corrected chi connectivity index (χ3v) is 1.75. The van der Waals surface area contributed by atoms with Crippen LogP contribution in [-0.4, -0.2) is 25.3 Å². The Morgan fingerprint density at radius 3 is 2.31 bits per heavy atom. The lowest BCUT2D eigenvalue weighted by atomic mass is 10.1. The second-order valence-electron chi connectivity index (χ2n) is 4.85. The minimum Gasteiger partial charge on any atom is -0.501 e. The number of carbonyl (C=O) groups is 1. The highest BCUT2D eigenvalue weighted by Crippen LogP contribution is 2.09. The third kappa shape index (κ3) is 7.15. The Morgan fingerprint density at radius 2 is 1.94 bits per heavy atom. The van der Waals surface area contributed by atoms with Crippen LogP contribution in [0, 0.1) is 5.92 Å². The molecule has 4 nitrogen and oxygen atoms in total. The lowest BCUT2D eigenvalue weighted by Crippen LogP contribution is -2.32. The van der Waals surface area contributed by atoms with Gasteiger partial charge in [0.2, 0.25) is 0 Å². The first-order valence-electron chi connectivity index (χ1n) is 5.47. The van der Waals surface area contributed by atoms with E-state index in [1.165, 1.54) is 0 Å². The van der Waals surface area contributed by atoms with E-state index in [-0.39, 0.29) is 0 Å². The highest BCUT2D eigenvalue weighted by Gasteiger charge is 2.15. The van der Waals surface area contributed by atoms with Crippen LogP contribution in [0.1, 0.15) is 34.6 Å². The summed E-state index contributed by atoms with van der Waals surface area (Å²) < 4.78 is 10.3. The number of nitrogens with one attached hydrogen (secondary N) is 1. The summed E-state index contributed by atoms with van der Waals surface area (Å²) in [6.45, 7) is 9.97. The molecule has 0 aliphatic rings. The first kappa shape index (κ1) is 14.8. The Hall–Kier alpha value is -1.19. The number of amides is 1. The van der Waals surface area contributed by atoms with E-state index in [1.807, 2.05) is 40.7 Å². The van der Waals surface area contributed by atoms with E-state index in [4.69, 9.17) is 9.47 Å². The second kappa shape index (κ2) is 6.40. The molecule has 0 aromatic carbocycles. The van der Waals surface area contributed by atoms with Gasteiger partial charge in [-0.1, -0.05) is 13.8 Å². The molecule has 0 aliphatic carbocycles. The topological polar surface area (TPSA) is 47.6 Å². The van der Waals surface area contributed by atoms with Gasteiger partial charge in [0, 0.05) is 12.5 Å². The van der Waals surface area contributed by atoms with Crippen molar-refractivity contribution in [3.63, 3.8) is 0 Å².